The minimum Gasteiger partial charge on any atom is -0.491 e. The summed E-state index contributed by atoms with van der Waals surface area (Å²) in [6.45, 7) is 6.93. The minimum atomic E-state index is -3.86. The molecule has 4 saturated heterocycles. The van der Waals surface area contributed by atoms with Crippen molar-refractivity contribution >= 4 is 45.0 Å². The molecule has 7 rings (SSSR count). The topological polar surface area (TPSA) is 102 Å². The van der Waals surface area contributed by atoms with Crippen molar-refractivity contribution in [2.24, 2.45) is 23.7 Å². The van der Waals surface area contributed by atoms with Crippen LogP contribution < -0.4 is 9.46 Å². The van der Waals surface area contributed by atoms with Gasteiger partial charge >= 0.3 is 0 Å². The fourth-order valence-corrected chi connectivity index (χ4v) is 8.55. The van der Waals surface area contributed by atoms with Gasteiger partial charge < -0.3 is 18.9 Å². The van der Waals surface area contributed by atoms with Crippen LogP contribution in [0.3, 0.4) is 0 Å². The summed E-state index contributed by atoms with van der Waals surface area (Å²) in [4.78, 5) is 12.1. The molecule has 12 heteroatoms. The Labute approximate surface area is 262 Å². The molecule has 1 spiro atoms. The summed E-state index contributed by atoms with van der Waals surface area (Å²) >= 11 is 12.2. The van der Waals surface area contributed by atoms with E-state index in [2.05, 4.69) is 18.6 Å². The Balaban J connectivity index is 1.05. The molecule has 0 amide bonds. The van der Waals surface area contributed by atoms with E-state index in [0.717, 1.165) is 31.1 Å². The molecular formula is C31H37Cl2NO8S. The van der Waals surface area contributed by atoms with Crippen LogP contribution in [0.5, 0.6) is 5.75 Å². The van der Waals surface area contributed by atoms with E-state index in [1.807, 2.05) is 6.92 Å². The lowest BCUT2D eigenvalue weighted by molar-refractivity contribution is -0.577. The number of hydrogen-bond donors (Lipinski definition) is 1. The molecule has 4 heterocycles. The van der Waals surface area contributed by atoms with Gasteiger partial charge in [0, 0.05) is 18.3 Å². The van der Waals surface area contributed by atoms with E-state index in [0.29, 0.717) is 29.8 Å². The van der Waals surface area contributed by atoms with Crippen molar-refractivity contribution < 1.29 is 37.1 Å². The number of para-hydroxylation sites is 1. The summed E-state index contributed by atoms with van der Waals surface area (Å²) in [5.41, 5.74) is 0.144. The van der Waals surface area contributed by atoms with Crippen molar-refractivity contribution in [3.05, 3.63) is 63.5 Å². The molecule has 8 atom stereocenters. The second-order valence-electron chi connectivity index (χ2n) is 12.1. The number of hydrogen-bond acceptors (Lipinski definition) is 8. The zero-order chi connectivity index (χ0) is 30.4. The van der Waals surface area contributed by atoms with E-state index in [4.69, 9.17) is 51.9 Å². The van der Waals surface area contributed by atoms with Crippen LogP contribution in [0.2, 0.25) is 10.0 Å². The molecule has 4 aliphatic heterocycles. The van der Waals surface area contributed by atoms with Gasteiger partial charge in [0.15, 0.2) is 18.2 Å². The Morgan fingerprint density at radius 1 is 1.02 bits per heavy atom. The third kappa shape index (κ3) is 6.18. The first-order valence-corrected chi connectivity index (χ1v) is 17.0. The maximum atomic E-state index is 12.6. The number of ether oxygens (including phenoxy) is 4. The van der Waals surface area contributed by atoms with E-state index >= 15 is 0 Å². The van der Waals surface area contributed by atoms with Crippen molar-refractivity contribution in [3.8, 4) is 5.75 Å². The van der Waals surface area contributed by atoms with Gasteiger partial charge in [-0.25, -0.2) is 18.2 Å². The standard InChI is InChI=1S/C31H37Cl2NO8S/c1-19-10-11-24-20(2)28(39-29-31(24)23(19)12-14-30(3,40-29)41-42-31)38-16-15-37-22-7-4-6-21(18-22)13-17-43(35,36)34-27-25(32)8-5-9-26(27)33/h4-9,13,17-20,23-24,28-29,34H,10-12,14-16H2,1-3H3/b17-13+/t19-,20-,23+,24+,28-,29-,30-,31-/m1/s1. The Kier molecular flexibility index (Phi) is 8.78. The Morgan fingerprint density at radius 2 is 1.79 bits per heavy atom. The first-order chi connectivity index (χ1) is 20.5. The first-order valence-electron chi connectivity index (χ1n) is 14.7. The quantitative estimate of drug-likeness (QED) is 0.228. The summed E-state index contributed by atoms with van der Waals surface area (Å²) < 4.78 is 52.6. The van der Waals surface area contributed by atoms with Gasteiger partial charge in [0.1, 0.15) is 12.4 Å². The molecule has 0 unspecified atom stereocenters. The fourth-order valence-electron chi connectivity index (χ4n) is 7.03. The average molecular weight is 655 g/mol. The van der Waals surface area contributed by atoms with E-state index in [-0.39, 0.29) is 34.2 Å². The second-order valence-corrected chi connectivity index (χ2v) is 14.5. The third-order valence-corrected chi connectivity index (χ3v) is 10.8. The zero-order valence-corrected chi connectivity index (χ0v) is 26.7. The van der Waals surface area contributed by atoms with Gasteiger partial charge in [0.05, 0.1) is 27.7 Å². The van der Waals surface area contributed by atoms with Gasteiger partial charge in [0.2, 0.25) is 5.79 Å². The number of anilines is 1. The first kappa shape index (κ1) is 31.1. The smallest absolute Gasteiger partial charge is 0.255 e. The zero-order valence-electron chi connectivity index (χ0n) is 24.3. The van der Waals surface area contributed by atoms with Crippen LogP contribution in [-0.4, -0.2) is 45.6 Å². The van der Waals surface area contributed by atoms with Crippen LogP contribution in [0.1, 0.15) is 52.0 Å². The van der Waals surface area contributed by atoms with E-state index in [9.17, 15) is 8.42 Å². The minimum absolute atomic E-state index is 0.0746. The molecule has 43 heavy (non-hydrogen) atoms. The predicted octanol–water partition coefficient (Wildman–Crippen LogP) is 7.01. The molecule has 5 fully saturated rings. The highest BCUT2D eigenvalue weighted by atomic mass is 35.5. The number of benzene rings is 2. The van der Waals surface area contributed by atoms with Crippen LogP contribution >= 0.6 is 23.2 Å². The summed E-state index contributed by atoms with van der Waals surface area (Å²) in [5.74, 6) is 0.801. The molecule has 0 aromatic heterocycles. The van der Waals surface area contributed by atoms with Crippen LogP contribution in [0, 0.1) is 23.7 Å². The molecule has 2 aromatic rings. The number of halogens is 2. The van der Waals surface area contributed by atoms with Crippen molar-refractivity contribution in [1.82, 2.24) is 0 Å². The van der Waals surface area contributed by atoms with Crippen LogP contribution in [0.15, 0.2) is 47.9 Å². The molecule has 234 valence electrons. The lowest BCUT2D eigenvalue weighted by atomic mass is 9.58. The maximum Gasteiger partial charge on any atom is 0.255 e. The fraction of sp³-hybridized carbons (Fsp3) is 0.548. The number of rotatable bonds is 9. The molecule has 9 nitrogen and oxygen atoms in total. The monoisotopic (exact) mass is 653 g/mol. The lowest BCUT2D eigenvalue weighted by Crippen LogP contribution is -2.70. The largest absolute Gasteiger partial charge is 0.491 e. The number of nitrogens with one attached hydrogen (secondary N) is 1. The van der Waals surface area contributed by atoms with Crippen molar-refractivity contribution in [2.45, 2.75) is 70.4 Å². The molecule has 2 aromatic carbocycles. The van der Waals surface area contributed by atoms with Gasteiger partial charge in [-0.15, -0.1) is 0 Å². The van der Waals surface area contributed by atoms with Gasteiger partial charge in [-0.1, -0.05) is 55.2 Å². The molecule has 1 N–H and O–H groups in total. The molecule has 0 radical (unpaired) electrons. The maximum absolute atomic E-state index is 12.6. The number of fused-ring (bicyclic) bond motifs is 2. The van der Waals surface area contributed by atoms with Crippen molar-refractivity contribution in [3.63, 3.8) is 0 Å². The van der Waals surface area contributed by atoms with E-state index in [1.165, 1.54) is 6.08 Å². The summed E-state index contributed by atoms with van der Waals surface area (Å²) in [7, 11) is -3.86. The third-order valence-electron chi connectivity index (χ3n) is 9.24. The average Bonchev–Trinajstić information content (AvgIpc) is 3.20. The summed E-state index contributed by atoms with van der Waals surface area (Å²) in [6, 6.07) is 11.9. The van der Waals surface area contributed by atoms with Gasteiger partial charge in [0.25, 0.3) is 10.0 Å². The number of sulfonamides is 1. The lowest BCUT2D eigenvalue weighted by Gasteiger charge is -2.60. The highest BCUT2D eigenvalue weighted by molar-refractivity contribution is 7.95. The molecule has 1 aliphatic carbocycles. The highest BCUT2D eigenvalue weighted by Gasteiger charge is 2.69. The molecule has 1 saturated carbocycles. The van der Waals surface area contributed by atoms with Gasteiger partial charge in [-0.3, -0.25) is 4.72 Å². The van der Waals surface area contributed by atoms with E-state index < -0.39 is 34.0 Å². The van der Waals surface area contributed by atoms with Crippen LogP contribution in [-0.2, 0) is 34.0 Å². The van der Waals surface area contributed by atoms with Crippen LogP contribution in [0.25, 0.3) is 6.08 Å². The van der Waals surface area contributed by atoms with Gasteiger partial charge in [-0.2, -0.15) is 0 Å². The normalized spacial score (nSPS) is 35.4. The predicted molar refractivity (Wildman–Crippen MR) is 163 cm³/mol. The molecule has 2 bridgehead atoms. The van der Waals surface area contributed by atoms with Crippen molar-refractivity contribution in [1.29, 1.82) is 0 Å². The van der Waals surface area contributed by atoms with Crippen LogP contribution in [0.4, 0.5) is 5.69 Å². The molecule has 5 aliphatic rings. The Bertz CT molecular complexity index is 1450. The highest BCUT2D eigenvalue weighted by Crippen LogP contribution is 2.60. The SMILES string of the molecule is C[C@H]1[C@H](OCCOc2cccc(/C=C/S(=O)(=O)Nc3c(Cl)cccc3Cl)c2)O[C@@H]2O[C@@]3(C)CC[C@H]4[C@H](C)CC[C@@H]1[C@@]24OO3. The van der Waals surface area contributed by atoms with Gasteiger partial charge in [-0.05, 0) is 73.9 Å². The summed E-state index contributed by atoms with van der Waals surface area (Å²) in [6.07, 6.45) is 4.30. The Hall–Kier alpha value is -1.89. The Morgan fingerprint density at radius 3 is 2.58 bits per heavy atom. The summed E-state index contributed by atoms with van der Waals surface area (Å²) in [5, 5.41) is 1.47. The molecular weight excluding hydrogens is 617 g/mol. The van der Waals surface area contributed by atoms with Crippen molar-refractivity contribution in [2.75, 3.05) is 17.9 Å². The second kappa shape index (κ2) is 12.1. The van der Waals surface area contributed by atoms with E-state index in [1.54, 1.807) is 42.5 Å².